The van der Waals surface area contributed by atoms with Gasteiger partial charge in [0.05, 0.1) is 17.1 Å². The molecule has 5 aromatic rings. The van der Waals surface area contributed by atoms with Crippen LogP contribution >= 0.6 is 0 Å². The first-order valence-corrected chi connectivity index (χ1v) is 14.7. The number of piperidine rings is 1. The van der Waals surface area contributed by atoms with Crippen LogP contribution in [0.1, 0.15) is 48.0 Å². The van der Waals surface area contributed by atoms with Gasteiger partial charge in [-0.25, -0.2) is 0 Å². The molecule has 7 heteroatoms. The van der Waals surface area contributed by atoms with Crippen LogP contribution in [0, 0.1) is 5.92 Å². The molecule has 0 aliphatic carbocycles. The summed E-state index contributed by atoms with van der Waals surface area (Å²) in [4.78, 5) is 10.1. The maximum atomic E-state index is 6.34. The third-order valence-corrected chi connectivity index (χ3v) is 7.72. The van der Waals surface area contributed by atoms with E-state index in [0.29, 0.717) is 13.2 Å². The maximum absolute atomic E-state index is 6.34. The van der Waals surface area contributed by atoms with E-state index < -0.39 is 0 Å². The van der Waals surface area contributed by atoms with Gasteiger partial charge in [-0.15, -0.1) is 0 Å². The second-order valence-corrected chi connectivity index (χ2v) is 10.9. The summed E-state index contributed by atoms with van der Waals surface area (Å²) >= 11 is 0. The summed E-state index contributed by atoms with van der Waals surface area (Å²) < 4.78 is 12.4. The topological polar surface area (TPSA) is 79.1 Å². The van der Waals surface area contributed by atoms with Gasteiger partial charge in [0.15, 0.2) is 0 Å². The number of hydrogen-bond acceptors (Lipinski definition) is 5. The second kappa shape index (κ2) is 13.4. The van der Waals surface area contributed by atoms with Crippen molar-refractivity contribution in [1.82, 2.24) is 25.1 Å². The molecule has 1 aliphatic heterocycles. The number of ether oxygens (including phenoxy) is 2. The van der Waals surface area contributed by atoms with Crippen LogP contribution in [0.25, 0.3) is 35.2 Å². The Bertz CT molecular complexity index is 1640. The lowest BCUT2D eigenvalue weighted by Crippen LogP contribution is -2.35. The lowest BCUT2D eigenvalue weighted by Gasteiger charge is -2.30. The number of nitrogens with zero attached hydrogens (tertiary/aromatic N) is 3. The summed E-state index contributed by atoms with van der Waals surface area (Å²) in [5.41, 5.74) is 5.90. The molecule has 1 saturated heterocycles. The van der Waals surface area contributed by atoms with Gasteiger partial charge in [0, 0.05) is 36.1 Å². The maximum Gasteiger partial charge on any atom is 0.130 e. The zero-order chi connectivity index (χ0) is 28.6. The first kappa shape index (κ1) is 27.5. The number of H-pyrrole nitrogens is 2. The first-order chi connectivity index (χ1) is 20.7. The minimum atomic E-state index is 0.407. The Kier molecular flexibility index (Phi) is 8.76. The average Bonchev–Trinajstić information content (AvgIpc) is 3.69. The van der Waals surface area contributed by atoms with Crippen LogP contribution in [-0.4, -0.2) is 51.3 Å². The molecule has 4 heterocycles. The molecule has 7 nitrogen and oxygen atoms in total. The summed E-state index contributed by atoms with van der Waals surface area (Å²) in [6.45, 7) is 6.58. The Morgan fingerprint density at radius 3 is 2.74 bits per heavy atom. The molecule has 0 saturated carbocycles. The standard InChI is InChI=1S/C35H37N5O2/c1-26-14-18-40(19-15-26)20-21-41-35-24-33(42-25-32-4-2-3-16-36-32)12-9-29(35)8-11-31-23-30(38-39-31)10-6-27-5-7-28-13-17-37-34(28)22-27/h2-13,16-17,22-24,26,37H,14-15,18-21,25H2,1H3,(H,38,39)/b10-6+,11-8+. The molecule has 3 aromatic heterocycles. The summed E-state index contributed by atoms with van der Waals surface area (Å²) in [6.07, 6.45) is 14.4. The van der Waals surface area contributed by atoms with Crippen molar-refractivity contribution in [2.24, 2.45) is 5.92 Å². The smallest absolute Gasteiger partial charge is 0.130 e. The van der Waals surface area contributed by atoms with Gasteiger partial charge >= 0.3 is 0 Å². The third-order valence-electron chi connectivity index (χ3n) is 7.72. The lowest BCUT2D eigenvalue weighted by molar-refractivity contribution is 0.160. The molecule has 1 fully saturated rings. The Morgan fingerprint density at radius 1 is 0.929 bits per heavy atom. The van der Waals surface area contributed by atoms with E-state index in [1.165, 1.54) is 18.2 Å². The zero-order valence-electron chi connectivity index (χ0n) is 24.0. The van der Waals surface area contributed by atoms with Crippen molar-refractivity contribution in [3.8, 4) is 11.5 Å². The van der Waals surface area contributed by atoms with Crippen molar-refractivity contribution in [3.63, 3.8) is 0 Å². The minimum Gasteiger partial charge on any atom is -0.491 e. The van der Waals surface area contributed by atoms with Gasteiger partial charge in [-0.2, -0.15) is 5.10 Å². The number of nitrogens with one attached hydrogen (secondary N) is 2. The van der Waals surface area contributed by atoms with E-state index in [4.69, 9.17) is 9.47 Å². The highest BCUT2D eigenvalue weighted by Crippen LogP contribution is 2.28. The molecule has 0 unspecified atom stereocenters. The second-order valence-electron chi connectivity index (χ2n) is 10.9. The monoisotopic (exact) mass is 559 g/mol. The molecule has 0 bridgehead atoms. The highest BCUT2D eigenvalue weighted by molar-refractivity contribution is 5.83. The highest BCUT2D eigenvalue weighted by Gasteiger charge is 2.15. The number of rotatable bonds is 11. The van der Waals surface area contributed by atoms with E-state index >= 15 is 0 Å². The number of hydrogen-bond donors (Lipinski definition) is 2. The van der Waals surface area contributed by atoms with E-state index in [1.807, 2.05) is 60.8 Å². The van der Waals surface area contributed by atoms with Crippen molar-refractivity contribution in [1.29, 1.82) is 0 Å². The van der Waals surface area contributed by atoms with E-state index in [9.17, 15) is 0 Å². The summed E-state index contributed by atoms with van der Waals surface area (Å²) in [5.74, 6) is 2.37. The van der Waals surface area contributed by atoms with Crippen LogP contribution < -0.4 is 9.47 Å². The minimum absolute atomic E-state index is 0.407. The molecule has 0 spiro atoms. The average molecular weight is 560 g/mol. The first-order valence-electron chi connectivity index (χ1n) is 14.7. The molecule has 214 valence electrons. The van der Waals surface area contributed by atoms with E-state index in [-0.39, 0.29) is 0 Å². The van der Waals surface area contributed by atoms with Crippen molar-refractivity contribution >= 4 is 35.2 Å². The zero-order valence-corrected chi connectivity index (χ0v) is 24.0. The van der Waals surface area contributed by atoms with Crippen molar-refractivity contribution in [2.75, 3.05) is 26.2 Å². The normalized spacial score (nSPS) is 14.8. The SMILES string of the molecule is CC1CCN(CCOc2cc(OCc3ccccn3)ccc2/C=C/c2cc(/C=C/c3ccc4cc[nH]c4c3)n[nH]2)CC1. The van der Waals surface area contributed by atoms with Crippen LogP contribution in [0.3, 0.4) is 0 Å². The molecule has 0 radical (unpaired) electrons. The summed E-state index contributed by atoms with van der Waals surface area (Å²) in [7, 11) is 0. The van der Waals surface area contributed by atoms with Gasteiger partial charge in [0.1, 0.15) is 24.7 Å². The highest BCUT2D eigenvalue weighted by atomic mass is 16.5. The van der Waals surface area contributed by atoms with Crippen LogP contribution in [0.2, 0.25) is 0 Å². The Labute approximate surface area is 246 Å². The molecular formula is C35H37N5O2. The van der Waals surface area contributed by atoms with E-state index in [1.54, 1.807) is 6.20 Å². The van der Waals surface area contributed by atoms with Gasteiger partial charge in [0.25, 0.3) is 0 Å². The fraction of sp³-hybridized carbons (Fsp3) is 0.257. The molecule has 0 atom stereocenters. The van der Waals surface area contributed by atoms with Gasteiger partial charge in [-0.3, -0.25) is 15.0 Å². The van der Waals surface area contributed by atoms with Crippen molar-refractivity contribution < 1.29 is 9.47 Å². The van der Waals surface area contributed by atoms with E-state index in [2.05, 4.69) is 68.4 Å². The molecule has 1 aliphatic rings. The third kappa shape index (κ3) is 7.36. The molecular weight excluding hydrogens is 522 g/mol. The van der Waals surface area contributed by atoms with Crippen LogP contribution in [0.5, 0.6) is 11.5 Å². The van der Waals surface area contributed by atoms with Crippen molar-refractivity contribution in [2.45, 2.75) is 26.4 Å². The predicted molar refractivity (Wildman–Crippen MR) is 170 cm³/mol. The number of benzene rings is 2. The number of likely N-dealkylation sites (tertiary alicyclic amines) is 1. The van der Waals surface area contributed by atoms with Crippen LogP contribution in [0.4, 0.5) is 0 Å². The lowest BCUT2D eigenvalue weighted by atomic mass is 9.99. The Hall–Kier alpha value is -4.62. The Balaban J connectivity index is 1.13. The number of aromatic amines is 2. The number of pyridine rings is 1. The Morgan fingerprint density at radius 2 is 1.86 bits per heavy atom. The van der Waals surface area contributed by atoms with Gasteiger partial charge in [0.2, 0.25) is 0 Å². The summed E-state index contributed by atoms with van der Waals surface area (Å²) in [5, 5.41) is 8.79. The molecule has 2 N–H and O–H groups in total. The molecule has 6 rings (SSSR count). The number of fused-ring (bicyclic) bond motifs is 1. The van der Waals surface area contributed by atoms with Gasteiger partial charge in [-0.1, -0.05) is 31.2 Å². The van der Waals surface area contributed by atoms with Crippen molar-refractivity contribution in [3.05, 3.63) is 107 Å². The molecule has 0 amide bonds. The fourth-order valence-electron chi connectivity index (χ4n) is 5.13. The molecule has 2 aromatic carbocycles. The molecule has 42 heavy (non-hydrogen) atoms. The van der Waals surface area contributed by atoms with E-state index in [0.717, 1.165) is 70.8 Å². The largest absolute Gasteiger partial charge is 0.491 e. The fourth-order valence-corrected chi connectivity index (χ4v) is 5.13. The van der Waals surface area contributed by atoms with Crippen LogP contribution in [0.15, 0.2) is 79.1 Å². The summed E-state index contributed by atoms with van der Waals surface area (Å²) in [6, 6.07) is 22.3. The van der Waals surface area contributed by atoms with Gasteiger partial charge < -0.3 is 14.5 Å². The number of aromatic nitrogens is 4. The quantitative estimate of drug-likeness (QED) is 0.177. The van der Waals surface area contributed by atoms with Gasteiger partial charge in [-0.05, 0) is 103 Å². The predicted octanol–water partition coefficient (Wildman–Crippen LogP) is 7.32. The van der Waals surface area contributed by atoms with Crippen LogP contribution in [-0.2, 0) is 6.61 Å².